The van der Waals surface area contributed by atoms with Crippen LogP contribution >= 0.6 is 27.5 Å². The third-order valence-electron chi connectivity index (χ3n) is 4.71. The fraction of sp³-hybridized carbons (Fsp3) is 0.263. The largest absolute Gasteiger partial charge is 0.353 e. The molecule has 1 fully saturated rings. The first-order valence-electron chi connectivity index (χ1n) is 8.49. The van der Waals surface area contributed by atoms with Crippen molar-refractivity contribution in [2.24, 2.45) is 0 Å². The maximum Gasteiger partial charge on any atom is 0.242 e. The first-order chi connectivity index (χ1) is 12.6. The Bertz CT molecular complexity index is 932. The first-order valence-corrected chi connectivity index (χ1v) is 9.66. The number of halogens is 2. The van der Waals surface area contributed by atoms with Crippen LogP contribution in [-0.2, 0) is 11.3 Å². The quantitative estimate of drug-likeness (QED) is 0.631. The van der Waals surface area contributed by atoms with Crippen molar-refractivity contribution in [2.75, 3.05) is 31.1 Å². The van der Waals surface area contributed by atoms with Gasteiger partial charge in [-0.1, -0.05) is 17.7 Å². The summed E-state index contributed by atoms with van der Waals surface area (Å²) in [6, 6.07) is 11.7. The molecule has 0 unspecified atom stereocenters. The highest BCUT2D eigenvalue weighted by molar-refractivity contribution is 9.10. The summed E-state index contributed by atoms with van der Waals surface area (Å²) in [5.74, 6) is 1.08. The molecular formula is C19H18BrClN4O. The van der Waals surface area contributed by atoms with Crippen molar-refractivity contribution in [3.05, 3.63) is 58.3 Å². The van der Waals surface area contributed by atoms with Gasteiger partial charge in [-0.3, -0.25) is 4.79 Å². The summed E-state index contributed by atoms with van der Waals surface area (Å²) in [4.78, 5) is 21.3. The molecule has 1 saturated heterocycles. The summed E-state index contributed by atoms with van der Waals surface area (Å²) in [5, 5.41) is 1.77. The lowest BCUT2D eigenvalue weighted by Gasteiger charge is -2.35. The van der Waals surface area contributed by atoms with Crippen LogP contribution in [0.1, 0.15) is 0 Å². The Labute approximate surface area is 165 Å². The SMILES string of the molecule is O=C(Cn1ccc2ccc(Cl)cc21)N1CCN(c2ccc(Br)cn2)CC1. The number of benzene rings is 1. The zero-order chi connectivity index (χ0) is 18.1. The molecule has 0 aliphatic carbocycles. The van der Waals surface area contributed by atoms with Gasteiger partial charge in [0, 0.05) is 53.6 Å². The van der Waals surface area contributed by atoms with E-state index in [1.807, 2.05) is 52.1 Å². The second-order valence-electron chi connectivity index (χ2n) is 6.35. The Morgan fingerprint density at radius 2 is 1.92 bits per heavy atom. The van der Waals surface area contributed by atoms with Crippen molar-refractivity contribution in [2.45, 2.75) is 6.54 Å². The minimum absolute atomic E-state index is 0.130. The lowest BCUT2D eigenvalue weighted by molar-refractivity contribution is -0.132. The monoisotopic (exact) mass is 432 g/mol. The van der Waals surface area contributed by atoms with Crippen LogP contribution in [0.5, 0.6) is 0 Å². The summed E-state index contributed by atoms with van der Waals surface area (Å²) < 4.78 is 2.93. The average molecular weight is 434 g/mol. The van der Waals surface area contributed by atoms with Gasteiger partial charge in [0.15, 0.2) is 0 Å². The Balaban J connectivity index is 1.40. The molecule has 7 heteroatoms. The summed E-state index contributed by atoms with van der Waals surface area (Å²) in [5.41, 5.74) is 0.989. The second-order valence-corrected chi connectivity index (χ2v) is 7.70. The number of aromatic nitrogens is 2. The van der Waals surface area contributed by atoms with Gasteiger partial charge in [0.1, 0.15) is 12.4 Å². The number of piperazine rings is 1. The van der Waals surface area contributed by atoms with Crippen molar-refractivity contribution in [3.63, 3.8) is 0 Å². The smallest absolute Gasteiger partial charge is 0.242 e. The third-order valence-corrected chi connectivity index (χ3v) is 5.41. The van der Waals surface area contributed by atoms with Gasteiger partial charge in [0.25, 0.3) is 0 Å². The number of amides is 1. The van der Waals surface area contributed by atoms with Crippen molar-refractivity contribution in [3.8, 4) is 0 Å². The zero-order valence-corrected chi connectivity index (χ0v) is 16.4. The summed E-state index contributed by atoms with van der Waals surface area (Å²) in [6.45, 7) is 3.32. The van der Waals surface area contributed by atoms with Crippen LogP contribution in [0.4, 0.5) is 5.82 Å². The van der Waals surface area contributed by atoms with Gasteiger partial charge < -0.3 is 14.4 Å². The lowest BCUT2D eigenvalue weighted by Crippen LogP contribution is -2.49. The molecule has 3 heterocycles. The lowest BCUT2D eigenvalue weighted by atomic mass is 10.2. The van der Waals surface area contributed by atoms with Crippen LogP contribution in [0.2, 0.25) is 5.02 Å². The number of hydrogen-bond acceptors (Lipinski definition) is 3. The molecule has 1 amide bonds. The predicted octanol–water partition coefficient (Wildman–Crippen LogP) is 3.80. The van der Waals surface area contributed by atoms with Crippen LogP contribution in [-0.4, -0.2) is 46.5 Å². The molecule has 0 bridgehead atoms. The maximum absolute atomic E-state index is 12.7. The molecular weight excluding hydrogens is 416 g/mol. The van der Waals surface area contributed by atoms with E-state index < -0.39 is 0 Å². The van der Waals surface area contributed by atoms with Crippen LogP contribution in [0.25, 0.3) is 10.9 Å². The first kappa shape index (κ1) is 17.4. The normalized spacial score (nSPS) is 14.8. The summed E-state index contributed by atoms with van der Waals surface area (Å²) in [6.07, 6.45) is 3.75. The minimum Gasteiger partial charge on any atom is -0.353 e. The van der Waals surface area contributed by atoms with E-state index in [1.165, 1.54) is 0 Å². The molecule has 134 valence electrons. The van der Waals surface area contributed by atoms with E-state index in [9.17, 15) is 4.79 Å². The molecule has 5 nitrogen and oxygen atoms in total. The zero-order valence-electron chi connectivity index (χ0n) is 14.1. The van der Waals surface area contributed by atoms with E-state index in [0.29, 0.717) is 24.7 Å². The highest BCUT2D eigenvalue weighted by Crippen LogP contribution is 2.21. The number of fused-ring (bicyclic) bond motifs is 1. The Morgan fingerprint density at radius 1 is 1.12 bits per heavy atom. The standard InChI is InChI=1S/C19H18BrClN4O/c20-15-2-4-18(22-12-15)23-7-9-24(10-8-23)19(26)13-25-6-5-14-1-3-16(21)11-17(14)25/h1-6,11-12H,7-10,13H2. The molecule has 0 atom stereocenters. The Kier molecular flexibility index (Phi) is 4.87. The third kappa shape index (κ3) is 3.57. The second kappa shape index (κ2) is 7.29. The van der Waals surface area contributed by atoms with Crippen molar-refractivity contribution >= 4 is 50.2 Å². The van der Waals surface area contributed by atoms with Gasteiger partial charge in [-0.25, -0.2) is 4.98 Å². The summed E-state index contributed by atoms with van der Waals surface area (Å²) in [7, 11) is 0. The van der Waals surface area contributed by atoms with Gasteiger partial charge in [0.2, 0.25) is 5.91 Å². The maximum atomic E-state index is 12.7. The molecule has 26 heavy (non-hydrogen) atoms. The molecule has 0 radical (unpaired) electrons. The van der Waals surface area contributed by atoms with Crippen LogP contribution in [0.3, 0.4) is 0 Å². The van der Waals surface area contributed by atoms with E-state index in [1.54, 1.807) is 6.20 Å². The summed E-state index contributed by atoms with van der Waals surface area (Å²) >= 11 is 9.50. The molecule has 1 aliphatic rings. The highest BCUT2D eigenvalue weighted by Gasteiger charge is 2.22. The van der Waals surface area contributed by atoms with Crippen LogP contribution in [0.15, 0.2) is 53.3 Å². The van der Waals surface area contributed by atoms with Crippen molar-refractivity contribution in [1.82, 2.24) is 14.5 Å². The van der Waals surface area contributed by atoms with Gasteiger partial charge >= 0.3 is 0 Å². The molecule has 4 rings (SSSR count). The van der Waals surface area contributed by atoms with Crippen molar-refractivity contribution < 1.29 is 4.79 Å². The number of hydrogen-bond donors (Lipinski definition) is 0. The fourth-order valence-electron chi connectivity index (χ4n) is 3.28. The number of carbonyl (C=O) groups is 1. The average Bonchev–Trinajstić information content (AvgIpc) is 3.04. The fourth-order valence-corrected chi connectivity index (χ4v) is 3.68. The molecule has 0 spiro atoms. The van der Waals surface area contributed by atoms with E-state index >= 15 is 0 Å². The van der Waals surface area contributed by atoms with Gasteiger partial charge in [0.05, 0.1) is 0 Å². The van der Waals surface area contributed by atoms with E-state index in [-0.39, 0.29) is 5.91 Å². The van der Waals surface area contributed by atoms with E-state index in [2.05, 4.69) is 25.8 Å². The topological polar surface area (TPSA) is 41.4 Å². The molecule has 0 saturated carbocycles. The van der Waals surface area contributed by atoms with Crippen LogP contribution in [0, 0.1) is 0 Å². The van der Waals surface area contributed by atoms with Crippen LogP contribution < -0.4 is 4.90 Å². The molecule has 3 aromatic rings. The number of nitrogens with zero attached hydrogens (tertiary/aromatic N) is 4. The van der Waals surface area contributed by atoms with Gasteiger partial charge in [-0.05, 0) is 51.6 Å². The predicted molar refractivity (Wildman–Crippen MR) is 108 cm³/mol. The number of pyridine rings is 1. The van der Waals surface area contributed by atoms with Crippen molar-refractivity contribution in [1.29, 1.82) is 0 Å². The molecule has 1 aliphatic heterocycles. The van der Waals surface area contributed by atoms with E-state index in [0.717, 1.165) is 34.3 Å². The Hall–Kier alpha value is -2.05. The Morgan fingerprint density at radius 3 is 2.65 bits per heavy atom. The number of carbonyl (C=O) groups excluding carboxylic acids is 1. The number of rotatable bonds is 3. The van der Waals surface area contributed by atoms with Gasteiger partial charge in [-0.15, -0.1) is 0 Å². The number of anilines is 1. The van der Waals surface area contributed by atoms with Gasteiger partial charge in [-0.2, -0.15) is 0 Å². The van der Waals surface area contributed by atoms with E-state index in [4.69, 9.17) is 11.6 Å². The molecule has 2 aromatic heterocycles. The molecule has 1 aromatic carbocycles. The highest BCUT2D eigenvalue weighted by atomic mass is 79.9. The minimum atomic E-state index is 0.130. The molecule has 0 N–H and O–H groups in total.